The molecule has 1 fully saturated rings. The molecular weight excluding hydrogens is 210 g/mol. The van der Waals surface area contributed by atoms with Crippen molar-refractivity contribution < 1.29 is 0 Å². The molecule has 17 heavy (non-hydrogen) atoms. The Hall–Kier alpha value is -1.53. The number of hydrogen-bond donors (Lipinski definition) is 1. The maximum absolute atomic E-state index is 9.19. The summed E-state index contributed by atoms with van der Waals surface area (Å²) >= 11 is 0. The maximum atomic E-state index is 9.19. The number of nitrogens with zero attached hydrogens (tertiary/aromatic N) is 2. The Labute approximate surface area is 103 Å². The predicted octanol–water partition coefficient (Wildman–Crippen LogP) is 2.04. The molecule has 3 nitrogen and oxygen atoms in total. The SMILES string of the molecule is Cc1ccc(N2CCC(N)C(C)C2)c(C#N)c1. The quantitative estimate of drug-likeness (QED) is 0.801. The second-order valence-electron chi connectivity index (χ2n) is 5.01. The summed E-state index contributed by atoms with van der Waals surface area (Å²) < 4.78 is 0. The normalized spacial score (nSPS) is 24.5. The highest BCUT2D eigenvalue weighted by Gasteiger charge is 2.24. The smallest absolute Gasteiger partial charge is 0.101 e. The van der Waals surface area contributed by atoms with E-state index in [1.807, 2.05) is 13.0 Å². The summed E-state index contributed by atoms with van der Waals surface area (Å²) in [6.45, 7) is 6.08. The minimum Gasteiger partial charge on any atom is -0.370 e. The van der Waals surface area contributed by atoms with Gasteiger partial charge in [0.1, 0.15) is 6.07 Å². The van der Waals surface area contributed by atoms with E-state index in [2.05, 4.69) is 30.0 Å². The average Bonchev–Trinajstić information content (AvgIpc) is 2.32. The molecule has 0 aromatic heterocycles. The minimum absolute atomic E-state index is 0.294. The van der Waals surface area contributed by atoms with Crippen molar-refractivity contribution in [3.63, 3.8) is 0 Å². The second-order valence-corrected chi connectivity index (χ2v) is 5.01. The topological polar surface area (TPSA) is 53.0 Å². The first kappa shape index (κ1) is 11.9. The predicted molar refractivity (Wildman–Crippen MR) is 69.9 cm³/mol. The first-order valence-corrected chi connectivity index (χ1v) is 6.13. The summed E-state index contributed by atoms with van der Waals surface area (Å²) in [4.78, 5) is 2.28. The molecule has 2 unspecified atom stereocenters. The van der Waals surface area contributed by atoms with Crippen LogP contribution in [0.3, 0.4) is 0 Å². The van der Waals surface area contributed by atoms with Crippen molar-refractivity contribution in [1.29, 1.82) is 5.26 Å². The van der Waals surface area contributed by atoms with E-state index in [1.165, 1.54) is 0 Å². The molecule has 0 amide bonds. The number of piperidine rings is 1. The van der Waals surface area contributed by atoms with Gasteiger partial charge in [-0.05, 0) is 37.0 Å². The molecule has 2 atom stereocenters. The van der Waals surface area contributed by atoms with Gasteiger partial charge in [-0.2, -0.15) is 5.26 Å². The van der Waals surface area contributed by atoms with Crippen molar-refractivity contribution in [3.8, 4) is 6.07 Å². The van der Waals surface area contributed by atoms with Crippen LogP contribution in [0, 0.1) is 24.2 Å². The van der Waals surface area contributed by atoms with Crippen LogP contribution in [0.4, 0.5) is 5.69 Å². The molecule has 1 aliphatic heterocycles. The van der Waals surface area contributed by atoms with Gasteiger partial charge in [0.25, 0.3) is 0 Å². The average molecular weight is 229 g/mol. The number of aryl methyl sites for hydroxylation is 1. The zero-order chi connectivity index (χ0) is 12.4. The molecule has 90 valence electrons. The Kier molecular flexibility index (Phi) is 3.35. The number of hydrogen-bond acceptors (Lipinski definition) is 3. The molecule has 1 saturated heterocycles. The lowest BCUT2D eigenvalue weighted by Gasteiger charge is -2.37. The van der Waals surface area contributed by atoms with Gasteiger partial charge < -0.3 is 10.6 Å². The van der Waals surface area contributed by atoms with Crippen LogP contribution in [0.15, 0.2) is 18.2 Å². The van der Waals surface area contributed by atoms with Crippen molar-refractivity contribution >= 4 is 5.69 Å². The zero-order valence-electron chi connectivity index (χ0n) is 10.5. The van der Waals surface area contributed by atoms with Gasteiger partial charge in [-0.1, -0.05) is 13.0 Å². The van der Waals surface area contributed by atoms with Crippen LogP contribution in [0.25, 0.3) is 0 Å². The Morgan fingerprint density at radius 1 is 1.47 bits per heavy atom. The van der Waals surface area contributed by atoms with E-state index >= 15 is 0 Å². The fraction of sp³-hybridized carbons (Fsp3) is 0.500. The van der Waals surface area contributed by atoms with E-state index in [1.54, 1.807) is 0 Å². The molecule has 1 aromatic carbocycles. The molecule has 0 radical (unpaired) electrons. The molecule has 0 spiro atoms. The van der Waals surface area contributed by atoms with Crippen LogP contribution in [0.5, 0.6) is 0 Å². The molecule has 3 heteroatoms. The van der Waals surface area contributed by atoms with Crippen molar-refractivity contribution in [2.75, 3.05) is 18.0 Å². The van der Waals surface area contributed by atoms with E-state index in [0.717, 1.165) is 36.3 Å². The largest absolute Gasteiger partial charge is 0.370 e. The van der Waals surface area contributed by atoms with Crippen molar-refractivity contribution in [2.45, 2.75) is 26.3 Å². The van der Waals surface area contributed by atoms with Crippen molar-refractivity contribution in [3.05, 3.63) is 29.3 Å². The van der Waals surface area contributed by atoms with Gasteiger partial charge in [-0.15, -0.1) is 0 Å². The highest BCUT2D eigenvalue weighted by atomic mass is 15.1. The van der Waals surface area contributed by atoms with Crippen molar-refractivity contribution in [2.24, 2.45) is 11.7 Å². The minimum atomic E-state index is 0.294. The molecular formula is C14H19N3. The molecule has 0 aliphatic carbocycles. The fourth-order valence-electron chi connectivity index (χ4n) is 2.40. The highest BCUT2D eigenvalue weighted by molar-refractivity contribution is 5.60. The Morgan fingerprint density at radius 2 is 2.24 bits per heavy atom. The monoisotopic (exact) mass is 229 g/mol. The molecule has 1 heterocycles. The van der Waals surface area contributed by atoms with Gasteiger partial charge in [-0.25, -0.2) is 0 Å². The van der Waals surface area contributed by atoms with E-state index in [0.29, 0.717) is 12.0 Å². The molecule has 2 rings (SSSR count). The van der Waals surface area contributed by atoms with Gasteiger partial charge in [0, 0.05) is 19.1 Å². The number of rotatable bonds is 1. The van der Waals surface area contributed by atoms with Gasteiger partial charge >= 0.3 is 0 Å². The van der Waals surface area contributed by atoms with Gasteiger partial charge in [0.2, 0.25) is 0 Å². The number of benzene rings is 1. The summed E-state index contributed by atoms with van der Waals surface area (Å²) in [6, 6.07) is 8.65. The summed E-state index contributed by atoms with van der Waals surface area (Å²) in [6.07, 6.45) is 1.000. The Bertz CT molecular complexity index is 447. The second kappa shape index (κ2) is 4.77. The number of anilines is 1. The lowest BCUT2D eigenvalue weighted by molar-refractivity contribution is 0.383. The molecule has 0 bridgehead atoms. The Balaban J connectivity index is 2.26. The standard InChI is InChI=1S/C14H19N3/c1-10-3-4-14(12(7-10)8-15)17-6-5-13(16)11(2)9-17/h3-4,7,11,13H,5-6,9,16H2,1-2H3. The number of nitrogens with two attached hydrogens (primary N) is 1. The van der Waals surface area contributed by atoms with Crippen LogP contribution in [0.1, 0.15) is 24.5 Å². The molecule has 1 aromatic rings. The van der Waals surface area contributed by atoms with Crippen LogP contribution in [-0.4, -0.2) is 19.1 Å². The lowest BCUT2D eigenvalue weighted by atomic mass is 9.94. The van der Waals surface area contributed by atoms with E-state index < -0.39 is 0 Å². The summed E-state index contributed by atoms with van der Waals surface area (Å²) in [5.74, 6) is 0.483. The van der Waals surface area contributed by atoms with E-state index in [4.69, 9.17) is 5.73 Å². The molecule has 2 N–H and O–H groups in total. The first-order chi connectivity index (χ1) is 8.11. The van der Waals surface area contributed by atoms with Crippen LogP contribution in [-0.2, 0) is 0 Å². The van der Waals surface area contributed by atoms with Crippen LogP contribution < -0.4 is 10.6 Å². The maximum Gasteiger partial charge on any atom is 0.101 e. The van der Waals surface area contributed by atoms with Crippen LogP contribution >= 0.6 is 0 Å². The van der Waals surface area contributed by atoms with Crippen molar-refractivity contribution in [1.82, 2.24) is 0 Å². The summed E-state index contributed by atoms with van der Waals surface area (Å²) in [7, 11) is 0. The third kappa shape index (κ3) is 2.42. The van der Waals surface area contributed by atoms with Gasteiger partial charge in [0.15, 0.2) is 0 Å². The first-order valence-electron chi connectivity index (χ1n) is 6.13. The Morgan fingerprint density at radius 3 is 2.88 bits per heavy atom. The summed E-state index contributed by atoms with van der Waals surface area (Å²) in [5.41, 5.74) is 8.98. The summed E-state index contributed by atoms with van der Waals surface area (Å²) in [5, 5.41) is 9.19. The fourth-order valence-corrected chi connectivity index (χ4v) is 2.40. The highest BCUT2D eigenvalue weighted by Crippen LogP contribution is 2.26. The lowest BCUT2D eigenvalue weighted by Crippen LogP contribution is -2.46. The third-order valence-electron chi connectivity index (χ3n) is 3.58. The van der Waals surface area contributed by atoms with Gasteiger partial charge in [-0.3, -0.25) is 0 Å². The molecule has 1 aliphatic rings. The van der Waals surface area contributed by atoms with E-state index in [-0.39, 0.29) is 0 Å². The molecule has 0 saturated carbocycles. The van der Waals surface area contributed by atoms with E-state index in [9.17, 15) is 5.26 Å². The number of nitriles is 1. The van der Waals surface area contributed by atoms with Crippen LogP contribution in [0.2, 0.25) is 0 Å². The zero-order valence-corrected chi connectivity index (χ0v) is 10.5. The third-order valence-corrected chi connectivity index (χ3v) is 3.58. The van der Waals surface area contributed by atoms with Gasteiger partial charge in [0.05, 0.1) is 11.3 Å².